The SMILES string of the molecule is CC[C@@H](NC(=O)c1nc(C(C)C)ncc1Cl)C(=O)O. The lowest BCUT2D eigenvalue weighted by molar-refractivity contribution is -0.139. The molecule has 2 N–H and O–H groups in total. The van der Waals surface area contributed by atoms with E-state index in [1.807, 2.05) is 13.8 Å². The molecule has 104 valence electrons. The van der Waals surface area contributed by atoms with Crippen molar-refractivity contribution >= 4 is 23.5 Å². The number of carbonyl (C=O) groups is 2. The van der Waals surface area contributed by atoms with Crippen molar-refractivity contribution in [3.05, 3.63) is 22.7 Å². The first-order chi connectivity index (χ1) is 8.86. The van der Waals surface area contributed by atoms with Gasteiger partial charge in [0.1, 0.15) is 17.6 Å². The molecule has 0 radical (unpaired) electrons. The molecular formula is C12H16ClN3O3. The number of carboxylic acid groups (broad SMARTS) is 1. The maximum atomic E-state index is 12.0. The Balaban J connectivity index is 2.98. The highest BCUT2D eigenvalue weighted by Gasteiger charge is 2.22. The molecule has 0 unspecified atom stereocenters. The van der Waals surface area contributed by atoms with Gasteiger partial charge in [0.15, 0.2) is 0 Å². The topological polar surface area (TPSA) is 92.2 Å². The van der Waals surface area contributed by atoms with Crippen LogP contribution in [0, 0.1) is 0 Å². The fourth-order valence-electron chi connectivity index (χ4n) is 1.38. The van der Waals surface area contributed by atoms with E-state index in [1.54, 1.807) is 6.92 Å². The smallest absolute Gasteiger partial charge is 0.326 e. The number of carboxylic acids is 1. The third-order valence-electron chi connectivity index (χ3n) is 2.51. The van der Waals surface area contributed by atoms with Crippen LogP contribution in [0.3, 0.4) is 0 Å². The van der Waals surface area contributed by atoms with E-state index in [1.165, 1.54) is 6.20 Å². The Morgan fingerprint density at radius 3 is 2.58 bits per heavy atom. The minimum absolute atomic E-state index is 0.0000617. The lowest BCUT2D eigenvalue weighted by atomic mass is 10.2. The highest BCUT2D eigenvalue weighted by Crippen LogP contribution is 2.16. The third kappa shape index (κ3) is 3.89. The van der Waals surface area contributed by atoms with Gasteiger partial charge in [-0.15, -0.1) is 0 Å². The van der Waals surface area contributed by atoms with Crippen LogP contribution in [0.15, 0.2) is 6.20 Å². The Kier molecular flexibility index (Phi) is 5.23. The third-order valence-corrected chi connectivity index (χ3v) is 2.78. The monoisotopic (exact) mass is 285 g/mol. The highest BCUT2D eigenvalue weighted by atomic mass is 35.5. The minimum Gasteiger partial charge on any atom is -0.480 e. The van der Waals surface area contributed by atoms with Crippen LogP contribution in [0.25, 0.3) is 0 Å². The van der Waals surface area contributed by atoms with E-state index in [4.69, 9.17) is 16.7 Å². The van der Waals surface area contributed by atoms with Crippen LogP contribution in [0.1, 0.15) is 49.4 Å². The van der Waals surface area contributed by atoms with Crippen LogP contribution < -0.4 is 5.32 Å². The Labute approximate surface area is 116 Å². The quantitative estimate of drug-likeness (QED) is 0.861. The van der Waals surface area contributed by atoms with Crippen molar-refractivity contribution in [2.24, 2.45) is 0 Å². The zero-order chi connectivity index (χ0) is 14.6. The van der Waals surface area contributed by atoms with Gasteiger partial charge in [-0.1, -0.05) is 32.4 Å². The van der Waals surface area contributed by atoms with Gasteiger partial charge < -0.3 is 10.4 Å². The average molecular weight is 286 g/mol. The summed E-state index contributed by atoms with van der Waals surface area (Å²) >= 11 is 5.87. The maximum absolute atomic E-state index is 12.0. The first kappa shape index (κ1) is 15.4. The maximum Gasteiger partial charge on any atom is 0.326 e. The molecule has 0 bridgehead atoms. The number of carbonyl (C=O) groups excluding carboxylic acids is 1. The predicted octanol–water partition coefficient (Wildman–Crippen LogP) is 1.85. The predicted molar refractivity (Wildman–Crippen MR) is 70.3 cm³/mol. The largest absolute Gasteiger partial charge is 0.480 e. The number of amides is 1. The van der Waals surface area contributed by atoms with Crippen molar-refractivity contribution in [2.75, 3.05) is 0 Å². The van der Waals surface area contributed by atoms with Crippen molar-refractivity contribution in [3.8, 4) is 0 Å². The van der Waals surface area contributed by atoms with Crippen molar-refractivity contribution < 1.29 is 14.7 Å². The molecule has 0 saturated carbocycles. The van der Waals surface area contributed by atoms with Gasteiger partial charge >= 0.3 is 5.97 Å². The molecule has 19 heavy (non-hydrogen) atoms. The number of rotatable bonds is 5. The number of halogens is 1. The molecule has 7 heteroatoms. The van der Waals surface area contributed by atoms with E-state index < -0.39 is 17.9 Å². The molecule has 0 aromatic carbocycles. The van der Waals surface area contributed by atoms with Crippen LogP contribution in [-0.4, -0.2) is 33.0 Å². The zero-order valence-electron chi connectivity index (χ0n) is 11.0. The lowest BCUT2D eigenvalue weighted by Gasteiger charge is -2.13. The highest BCUT2D eigenvalue weighted by molar-refractivity contribution is 6.33. The Bertz CT molecular complexity index is 491. The molecular weight excluding hydrogens is 270 g/mol. The molecule has 1 atom stereocenters. The number of hydrogen-bond donors (Lipinski definition) is 2. The molecule has 1 amide bonds. The van der Waals surface area contributed by atoms with Crippen molar-refractivity contribution in [1.29, 1.82) is 0 Å². The molecule has 0 aliphatic heterocycles. The van der Waals surface area contributed by atoms with E-state index in [0.717, 1.165) is 0 Å². The molecule has 0 saturated heterocycles. The van der Waals surface area contributed by atoms with E-state index in [2.05, 4.69) is 15.3 Å². The second-order valence-electron chi connectivity index (χ2n) is 4.35. The Morgan fingerprint density at radius 1 is 1.47 bits per heavy atom. The summed E-state index contributed by atoms with van der Waals surface area (Å²) in [4.78, 5) is 30.9. The molecule has 1 rings (SSSR count). The molecule has 0 fully saturated rings. The summed E-state index contributed by atoms with van der Waals surface area (Å²) in [6, 6.07) is -0.957. The summed E-state index contributed by atoms with van der Waals surface area (Å²) in [6.07, 6.45) is 1.63. The van der Waals surface area contributed by atoms with Crippen molar-refractivity contribution in [3.63, 3.8) is 0 Å². The first-order valence-corrected chi connectivity index (χ1v) is 6.30. The van der Waals surface area contributed by atoms with Crippen LogP contribution >= 0.6 is 11.6 Å². The van der Waals surface area contributed by atoms with E-state index in [0.29, 0.717) is 5.82 Å². The van der Waals surface area contributed by atoms with Gasteiger partial charge in [-0.2, -0.15) is 0 Å². The Morgan fingerprint density at radius 2 is 2.11 bits per heavy atom. The fourth-order valence-corrected chi connectivity index (χ4v) is 1.56. The van der Waals surface area contributed by atoms with Gasteiger partial charge in [0.25, 0.3) is 5.91 Å². The van der Waals surface area contributed by atoms with Gasteiger partial charge in [-0.05, 0) is 6.42 Å². The number of nitrogens with one attached hydrogen (secondary N) is 1. The number of hydrogen-bond acceptors (Lipinski definition) is 4. The van der Waals surface area contributed by atoms with Crippen LogP contribution in [0.2, 0.25) is 5.02 Å². The normalized spacial score (nSPS) is 12.3. The summed E-state index contributed by atoms with van der Waals surface area (Å²) in [5, 5.41) is 11.4. The molecule has 0 aliphatic rings. The summed E-state index contributed by atoms with van der Waals surface area (Å²) in [6.45, 7) is 5.44. The van der Waals surface area contributed by atoms with Crippen LogP contribution in [-0.2, 0) is 4.79 Å². The standard InChI is InChI=1S/C12H16ClN3O3/c1-4-8(12(18)19)15-11(17)9-7(13)5-14-10(16-9)6(2)3/h5-6,8H,4H2,1-3H3,(H,15,17)(H,18,19)/t8-/m1/s1. The van der Waals surface area contributed by atoms with Crippen LogP contribution in [0.4, 0.5) is 0 Å². The summed E-state index contributed by atoms with van der Waals surface area (Å²) in [7, 11) is 0. The van der Waals surface area contributed by atoms with Gasteiger partial charge in [0, 0.05) is 5.92 Å². The van der Waals surface area contributed by atoms with E-state index >= 15 is 0 Å². The minimum atomic E-state index is -1.09. The molecule has 0 aliphatic carbocycles. The summed E-state index contributed by atoms with van der Waals surface area (Å²) in [5.74, 6) is -1.17. The summed E-state index contributed by atoms with van der Waals surface area (Å²) in [5.41, 5.74) is 0.0000617. The average Bonchev–Trinajstić information content (AvgIpc) is 2.35. The first-order valence-electron chi connectivity index (χ1n) is 5.92. The van der Waals surface area contributed by atoms with Gasteiger partial charge in [-0.25, -0.2) is 14.8 Å². The second-order valence-corrected chi connectivity index (χ2v) is 4.76. The molecule has 1 aromatic rings. The molecule has 0 spiro atoms. The van der Waals surface area contributed by atoms with Gasteiger partial charge in [0.05, 0.1) is 11.2 Å². The molecule has 6 nitrogen and oxygen atoms in total. The summed E-state index contributed by atoms with van der Waals surface area (Å²) < 4.78 is 0. The van der Waals surface area contributed by atoms with Crippen LogP contribution in [0.5, 0.6) is 0 Å². The molecule has 1 heterocycles. The Hall–Kier alpha value is -1.69. The fraction of sp³-hybridized carbons (Fsp3) is 0.500. The molecule has 1 aromatic heterocycles. The number of aromatic nitrogens is 2. The van der Waals surface area contributed by atoms with Crippen molar-refractivity contribution in [1.82, 2.24) is 15.3 Å². The lowest BCUT2D eigenvalue weighted by Crippen LogP contribution is -2.40. The second kappa shape index (κ2) is 6.47. The van der Waals surface area contributed by atoms with E-state index in [9.17, 15) is 9.59 Å². The van der Waals surface area contributed by atoms with Gasteiger partial charge in [-0.3, -0.25) is 4.79 Å². The zero-order valence-corrected chi connectivity index (χ0v) is 11.7. The number of nitrogens with zero attached hydrogens (tertiary/aromatic N) is 2. The number of aliphatic carboxylic acids is 1. The van der Waals surface area contributed by atoms with Gasteiger partial charge in [0.2, 0.25) is 0 Å². The van der Waals surface area contributed by atoms with E-state index in [-0.39, 0.29) is 23.1 Å². The van der Waals surface area contributed by atoms with Crippen molar-refractivity contribution in [2.45, 2.75) is 39.2 Å².